The lowest BCUT2D eigenvalue weighted by Crippen LogP contribution is -2.46. The van der Waals surface area contributed by atoms with E-state index in [9.17, 15) is 0 Å². The maximum Gasteiger partial charge on any atom is 0.185 e. The lowest BCUT2D eigenvalue weighted by Gasteiger charge is -2.36. The second-order valence-electron chi connectivity index (χ2n) is 4.61. The molecular formula is C13H14Cl2N4S. The minimum absolute atomic E-state index is 0.495. The van der Waals surface area contributed by atoms with Crippen LogP contribution in [0.2, 0.25) is 10.0 Å². The summed E-state index contributed by atoms with van der Waals surface area (Å²) >= 11 is 13.7. The van der Waals surface area contributed by atoms with Crippen molar-refractivity contribution in [2.75, 3.05) is 41.7 Å². The minimum Gasteiger partial charge on any atom is -0.397 e. The molecule has 106 valence electrons. The second-order valence-corrected chi connectivity index (χ2v) is 6.30. The number of nitrogen functional groups attached to an aromatic ring is 1. The Morgan fingerprint density at radius 1 is 1.05 bits per heavy atom. The first kappa shape index (κ1) is 13.8. The van der Waals surface area contributed by atoms with Gasteiger partial charge in [-0.15, -0.1) is 11.3 Å². The van der Waals surface area contributed by atoms with Gasteiger partial charge in [0.05, 0.1) is 21.4 Å². The Labute approximate surface area is 131 Å². The number of thiazole rings is 1. The third-order valence-electron chi connectivity index (χ3n) is 3.38. The summed E-state index contributed by atoms with van der Waals surface area (Å²) in [5.41, 5.74) is 7.67. The molecule has 1 aliphatic heterocycles. The molecular weight excluding hydrogens is 315 g/mol. The molecule has 2 heterocycles. The van der Waals surface area contributed by atoms with E-state index in [1.165, 1.54) is 0 Å². The summed E-state index contributed by atoms with van der Waals surface area (Å²) in [5, 5.41) is 4.11. The number of halogens is 2. The molecule has 0 unspecified atom stereocenters. The highest BCUT2D eigenvalue weighted by molar-refractivity contribution is 7.13. The quantitative estimate of drug-likeness (QED) is 0.858. The van der Waals surface area contributed by atoms with Gasteiger partial charge in [0.2, 0.25) is 0 Å². The Morgan fingerprint density at radius 2 is 1.70 bits per heavy atom. The van der Waals surface area contributed by atoms with Crippen LogP contribution in [0.15, 0.2) is 23.7 Å². The van der Waals surface area contributed by atoms with Crippen molar-refractivity contribution in [2.24, 2.45) is 0 Å². The van der Waals surface area contributed by atoms with Crippen molar-refractivity contribution in [1.29, 1.82) is 0 Å². The average molecular weight is 329 g/mol. The first-order valence-corrected chi connectivity index (χ1v) is 7.92. The van der Waals surface area contributed by atoms with Crippen LogP contribution in [0.4, 0.5) is 16.5 Å². The molecule has 2 aromatic rings. The number of hydrogen-bond donors (Lipinski definition) is 1. The van der Waals surface area contributed by atoms with Gasteiger partial charge in [0, 0.05) is 37.8 Å². The number of hydrogen-bond acceptors (Lipinski definition) is 5. The summed E-state index contributed by atoms with van der Waals surface area (Å²) in [5.74, 6) is 0. The van der Waals surface area contributed by atoms with E-state index in [0.717, 1.165) is 37.0 Å². The largest absolute Gasteiger partial charge is 0.397 e. The fourth-order valence-corrected chi connectivity index (χ4v) is 3.36. The Morgan fingerprint density at radius 3 is 2.35 bits per heavy atom. The highest BCUT2D eigenvalue weighted by Crippen LogP contribution is 2.34. The van der Waals surface area contributed by atoms with Crippen molar-refractivity contribution in [2.45, 2.75) is 0 Å². The molecule has 4 nitrogen and oxygen atoms in total. The van der Waals surface area contributed by atoms with E-state index in [-0.39, 0.29) is 0 Å². The van der Waals surface area contributed by atoms with Gasteiger partial charge in [0.1, 0.15) is 0 Å². The number of rotatable bonds is 2. The standard InChI is InChI=1S/C13H14Cl2N4S/c14-9-7-11(16)12(8-10(9)15)18-2-4-19(5-3-18)13-17-1-6-20-13/h1,6-8H,2-5,16H2. The number of anilines is 3. The Hall–Kier alpha value is -1.17. The number of aromatic nitrogens is 1. The Bertz CT molecular complexity index is 595. The molecule has 1 fully saturated rings. The molecule has 0 amide bonds. The zero-order valence-corrected chi connectivity index (χ0v) is 13.0. The fourth-order valence-electron chi connectivity index (χ4n) is 2.34. The zero-order chi connectivity index (χ0) is 14.1. The summed E-state index contributed by atoms with van der Waals surface area (Å²) in [4.78, 5) is 8.87. The zero-order valence-electron chi connectivity index (χ0n) is 10.7. The molecule has 0 radical (unpaired) electrons. The van der Waals surface area contributed by atoms with Gasteiger partial charge in [0.25, 0.3) is 0 Å². The topological polar surface area (TPSA) is 45.4 Å². The molecule has 20 heavy (non-hydrogen) atoms. The summed E-state index contributed by atoms with van der Waals surface area (Å²) in [6.07, 6.45) is 1.84. The van der Waals surface area contributed by atoms with Gasteiger partial charge in [-0.3, -0.25) is 0 Å². The normalized spacial score (nSPS) is 15.7. The maximum atomic E-state index is 6.08. The van der Waals surface area contributed by atoms with Gasteiger partial charge in [-0.2, -0.15) is 0 Å². The number of piperazine rings is 1. The molecule has 1 aromatic heterocycles. The number of nitrogens with two attached hydrogens (primary N) is 1. The summed E-state index contributed by atoms with van der Waals surface area (Å²) in [7, 11) is 0. The van der Waals surface area contributed by atoms with Gasteiger partial charge in [-0.05, 0) is 12.1 Å². The van der Waals surface area contributed by atoms with Crippen molar-refractivity contribution in [3.05, 3.63) is 33.8 Å². The summed E-state index contributed by atoms with van der Waals surface area (Å²) in [6.45, 7) is 3.63. The Balaban J connectivity index is 1.74. The first-order valence-electron chi connectivity index (χ1n) is 6.29. The van der Waals surface area contributed by atoms with Gasteiger partial charge >= 0.3 is 0 Å². The van der Waals surface area contributed by atoms with Crippen LogP contribution in [0.1, 0.15) is 0 Å². The monoisotopic (exact) mass is 328 g/mol. The molecule has 7 heteroatoms. The Kier molecular flexibility index (Phi) is 3.92. The molecule has 0 saturated carbocycles. The van der Waals surface area contributed by atoms with Crippen LogP contribution in [-0.2, 0) is 0 Å². The van der Waals surface area contributed by atoms with Crippen LogP contribution in [0, 0.1) is 0 Å². The van der Waals surface area contributed by atoms with Crippen molar-refractivity contribution < 1.29 is 0 Å². The average Bonchev–Trinajstić information content (AvgIpc) is 2.97. The van der Waals surface area contributed by atoms with E-state index in [2.05, 4.69) is 14.8 Å². The molecule has 0 bridgehead atoms. The van der Waals surface area contributed by atoms with E-state index in [1.54, 1.807) is 17.4 Å². The van der Waals surface area contributed by atoms with E-state index in [0.29, 0.717) is 15.7 Å². The van der Waals surface area contributed by atoms with Crippen molar-refractivity contribution >= 4 is 51.0 Å². The van der Waals surface area contributed by atoms with E-state index in [1.807, 2.05) is 17.6 Å². The number of benzene rings is 1. The highest BCUT2D eigenvalue weighted by atomic mass is 35.5. The van der Waals surface area contributed by atoms with Gasteiger partial charge < -0.3 is 15.5 Å². The molecule has 1 saturated heterocycles. The van der Waals surface area contributed by atoms with Gasteiger partial charge in [-0.1, -0.05) is 23.2 Å². The van der Waals surface area contributed by atoms with E-state index < -0.39 is 0 Å². The predicted molar refractivity (Wildman–Crippen MR) is 87.4 cm³/mol. The molecule has 0 spiro atoms. The number of nitrogens with zero attached hydrogens (tertiary/aromatic N) is 3. The van der Waals surface area contributed by atoms with Crippen LogP contribution in [0.25, 0.3) is 0 Å². The van der Waals surface area contributed by atoms with Crippen molar-refractivity contribution in [3.63, 3.8) is 0 Å². The van der Waals surface area contributed by atoms with Crippen LogP contribution in [0.5, 0.6) is 0 Å². The maximum absolute atomic E-state index is 6.08. The smallest absolute Gasteiger partial charge is 0.185 e. The molecule has 1 aliphatic rings. The van der Waals surface area contributed by atoms with E-state index in [4.69, 9.17) is 28.9 Å². The lowest BCUT2D eigenvalue weighted by atomic mass is 10.2. The van der Waals surface area contributed by atoms with Crippen LogP contribution in [-0.4, -0.2) is 31.2 Å². The van der Waals surface area contributed by atoms with Crippen LogP contribution < -0.4 is 15.5 Å². The second kappa shape index (κ2) is 5.68. The van der Waals surface area contributed by atoms with E-state index >= 15 is 0 Å². The van der Waals surface area contributed by atoms with Crippen molar-refractivity contribution in [3.8, 4) is 0 Å². The third-order valence-corrected chi connectivity index (χ3v) is 4.93. The predicted octanol–water partition coefficient (Wildman–Crippen LogP) is 3.36. The summed E-state index contributed by atoms with van der Waals surface area (Å²) in [6, 6.07) is 3.56. The van der Waals surface area contributed by atoms with Gasteiger partial charge in [-0.25, -0.2) is 4.98 Å². The fraction of sp³-hybridized carbons (Fsp3) is 0.308. The van der Waals surface area contributed by atoms with Crippen LogP contribution >= 0.6 is 34.5 Å². The minimum atomic E-state index is 0.495. The third kappa shape index (κ3) is 2.66. The lowest BCUT2D eigenvalue weighted by molar-refractivity contribution is 0.653. The molecule has 2 N–H and O–H groups in total. The van der Waals surface area contributed by atoms with Gasteiger partial charge in [0.15, 0.2) is 5.13 Å². The summed E-state index contributed by atoms with van der Waals surface area (Å²) < 4.78 is 0. The van der Waals surface area contributed by atoms with Crippen molar-refractivity contribution in [1.82, 2.24) is 4.98 Å². The molecule has 3 rings (SSSR count). The first-order chi connectivity index (χ1) is 9.65. The molecule has 0 aliphatic carbocycles. The molecule has 0 atom stereocenters. The molecule has 1 aromatic carbocycles. The highest BCUT2D eigenvalue weighted by Gasteiger charge is 2.20. The van der Waals surface area contributed by atoms with Crippen LogP contribution in [0.3, 0.4) is 0 Å². The SMILES string of the molecule is Nc1cc(Cl)c(Cl)cc1N1CCN(c2nccs2)CC1.